The fourth-order valence-electron chi connectivity index (χ4n) is 3.16. The Balaban J connectivity index is 1.70. The molecule has 0 aromatic carbocycles. The van der Waals surface area contributed by atoms with Crippen molar-refractivity contribution < 1.29 is 9.84 Å². The van der Waals surface area contributed by atoms with E-state index in [0.717, 1.165) is 19.4 Å². The van der Waals surface area contributed by atoms with Gasteiger partial charge >= 0.3 is 0 Å². The zero-order chi connectivity index (χ0) is 13.6. The first-order valence-electron chi connectivity index (χ1n) is 7.98. The molecule has 2 aliphatic heterocycles. The van der Waals surface area contributed by atoms with Crippen molar-refractivity contribution in [1.29, 1.82) is 0 Å². The van der Waals surface area contributed by atoms with Gasteiger partial charge in [0.05, 0.1) is 5.60 Å². The number of hydrogen-bond acceptors (Lipinski definition) is 4. The fourth-order valence-corrected chi connectivity index (χ4v) is 3.16. The smallest absolute Gasteiger partial charge is 0.0815 e. The van der Waals surface area contributed by atoms with E-state index in [4.69, 9.17) is 4.74 Å². The summed E-state index contributed by atoms with van der Waals surface area (Å²) in [5.41, 5.74) is -0.534. The second kappa shape index (κ2) is 7.58. The summed E-state index contributed by atoms with van der Waals surface area (Å²) in [5, 5.41) is 14.1. The van der Waals surface area contributed by atoms with E-state index < -0.39 is 5.60 Å². The van der Waals surface area contributed by atoms with Gasteiger partial charge in [0.2, 0.25) is 0 Å². The SMILES string of the molecule is CCCN1CCCC(NCC2(O)CCOCC2)CC1. The first-order valence-corrected chi connectivity index (χ1v) is 7.98. The quantitative estimate of drug-likeness (QED) is 0.792. The highest BCUT2D eigenvalue weighted by Gasteiger charge is 2.30. The van der Waals surface area contributed by atoms with Gasteiger partial charge in [-0.3, -0.25) is 0 Å². The van der Waals surface area contributed by atoms with Gasteiger partial charge in [-0.25, -0.2) is 0 Å². The molecule has 19 heavy (non-hydrogen) atoms. The van der Waals surface area contributed by atoms with Crippen LogP contribution in [0, 0.1) is 0 Å². The molecule has 0 aromatic rings. The van der Waals surface area contributed by atoms with Crippen LogP contribution in [0.2, 0.25) is 0 Å². The van der Waals surface area contributed by atoms with Crippen LogP contribution in [-0.4, -0.2) is 61.0 Å². The van der Waals surface area contributed by atoms with E-state index in [0.29, 0.717) is 19.3 Å². The Morgan fingerprint density at radius 3 is 2.79 bits per heavy atom. The number of likely N-dealkylation sites (tertiary alicyclic amines) is 1. The number of ether oxygens (including phenoxy) is 1. The number of nitrogens with one attached hydrogen (secondary N) is 1. The maximum atomic E-state index is 10.5. The van der Waals surface area contributed by atoms with Crippen molar-refractivity contribution in [3.8, 4) is 0 Å². The molecule has 0 saturated carbocycles. The molecule has 0 spiro atoms. The van der Waals surface area contributed by atoms with Crippen LogP contribution in [0.15, 0.2) is 0 Å². The largest absolute Gasteiger partial charge is 0.388 e. The molecule has 0 aliphatic carbocycles. The molecular formula is C15H30N2O2. The standard InChI is InChI=1S/C15H30N2O2/c1-2-8-17-9-3-4-14(5-10-17)16-13-15(18)6-11-19-12-7-15/h14,16,18H,2-13H2,1H3. The van der Waals surface area contributed by atoms with Gasteiger partial charge in [-0.2, -0.15) is 0 Å². The molecular weight excluding hydrogens is 240 g/mol. The number of hydrogen-bond donors (Lipinski definition) is 2. The molecule has 0 amide bonds. The van der Waals surface area contributed by atoms with Crippen LogP contribution in [-0.2, 0) is 4.74 Å². The van der Waals surface area contributed by atoms with Crippen molar-refractivity contribution in [1.82, 2.24) is 10.2 Å². The Bertz CT molecular complexity index is 255. The highest BCUT2D eigenvalue weighted by Crippen LogP contribution is 2.20. The van der Waals surface area contributed by atoms with E-state index in [1.54, 1.807) is 0 Å². The zero-order valence-electron chi connectivity index (χ0n) is 12.4. The van der Waals surface area contributed by atoms with E-state index in [1.165, 1.54) is 45.3 Å². The third kappa shape index (κ3) is 5.03. The maximum Gasteiger partial charge on any atom is 0.0815 e. The summed E-state index contributed by atoms with van der Waals surface area (Å²) < 4.78 is 5.32. The molecule has 0 bridgehead atoms. The van der Waals surface area contributed by atoms with Gasteiger partial charge in [-0.15, -0.1) is 0 Å². The molecule has 1 unspecified atom stereocenters. The summed E-state index contributed by atoms with van der Waals surface area (Å²) in [6, 6.07) is 0.578. The minimum Gasteiger partial charge on any atom is -0.388 e. The Morgan fingerprint density at radius 1 is 1.26 bits per heavy atom. The summed E-state index contributed by atoms with van der Waals surface area (Å²) in [4.78, 5) is 2.57. The number of nitrogens with zero attached hydrogens (tertiary/aromatic N) is 1. The molecule has 2 fully saturated rings. The number of aliphatic hydroxyl groups is 1. The van der Waals surface area contributed by atoms with Crippen molar-refractivity contribution in [2.24, 2.45) is 0 Å². The Kier molecular flexibility index (Phi) is 6.07. The highest BCUT2D eigenvalue weighted by molar-refractivity contribution is 4.86. The van der Waals surface area contributed by atoms with E-state index in [-0.39, 0.29) is 0 Å². The van der Waals surface area contributed by atoms with E-state index in [1.807, 2.05) is 0 Å². The minimum absolute atomic E-state index is 0.534. The van der Waals surface area contributed by atoms with Crippen molar-refractivity contribution in [3.05, 3.63) is 0 Å². The minimum atomic E-state index is -0.534. The number of rotatable bonds is 5. The predicted octanol–water partition coefficient (Wildman–Crippen LogP) is 1.38. The Morgan fingerprint density at radius 2 is 2.05 bits per heavy atom. The van der Waals surface area contributed by atoms with Crippen LogP contribution < -0.4 is 5.32 Å². The van der Waals surface area contributed by atoms with Crippen LogP contribution in [0.25, 0.3) is 0 Å². The van der Waals surface area contributed by atoms with Crippen LogP contribution in [0.5, 0.6) is 0 Å². The molecule has 112 valence electrons. The van der Waals surface area contributed by atoms with E-state index >= 15 is 0 Å². The predicted molar refractivity (Wildman–Crippen MR) is 77.4 cm³/mol. The molecule has 4 nitrogen and oxygen atoms in total. The fraction of sp³-hybridized carbons (Fsp3) is 1.00. The lowest BCUT2D eigenvalue weighted by atomic mass is 9.93. The van der Waals surface area contributed by atoms with Crippen LogP contribution in [0.1, 0.15) is 45.4 Å². The lowest BCUT2D eigenvalue weighted by Gasteiger charge is -2.33. The van der Waals surface area contributed by atoms with Crippen LogP contribution in [0.3, 0.4) is 0 Å². The van der Waals surface area contributed by atoms with Crippen LogP contribution >= 0.6 is 0 Å². The first kappa shape index (κ1) is 15.2. The average molecular weight is 270 g/mol. The Hall–Kier alpha value is -0.160. The van der Waals surface area contributed by atoms with Crippen molar-refractivity contribution in [2.75, 3.05) is 39.4 Å². The van der Waals surface area contributed by atoms with Crippen molar-refractivity contribution in [2.45, 2.75) is 57.1 Å². The van der Waals surface area contributed by atoms with Gasteiger partial charge in [0.25, 0.3) is 0 Å². The van der Waals surface area contributed by atoms with E-state index in [2.05, 4.69) is 17.1 Å². The molecule has 2 saturated heterocycles. The molecule has 0 aromatic heterocycles. The Labute approximate surface area is 117 Å². The summed E-state index contributed by atoms with van der Waals surface area (Å²) in [5.74, 6) is 0. The van der Waals surface area contributed by atoms with Gasteiger partial charge < -0.3 is 20.1 Å². The molecule has 0 radical (unpaired) electrons. The second-order valence-electron chi connectivity index (χ2n) is 6.19. The first-order chi connectivity index (χ1) is 9.22. The van der Waals surface area contributed by atoms with Gasteiger partial charge in [0, 0.05) is 38.6 Å². The lowest BCUT2D eigenvalue weighted by Crippen LogP contribution is -2.48. The molecule has 1 atom stereocenters. The molecule has 2 N–H and O–H groups in total. The topological polar surface area (TPSA) is 44.7 Å². The molecule has 2 aliphatic rings. The van der Waals surface area contributed by atoms with Gasteiger partial charge in [-0.05, 0) is 45.3 Å². The average Bonchev–Trinajstić information content (AvgIpc) is 2.64. The zero-order valence-corrected chi connectivity index (χ0v) is 12.4. The highest BCUT2D eigenvalue weighted by atomic mass is 16.5. The molecule has 2 rings (SSSR count). The molecule has 2 heterocycles. The monoisotopic (exact) mass is 270 g/mol. The van der Waals surface area contributed by atoms with Crippen molar-refractivity contribution >= 4 is 0 Å². The van der Waals surface area contributed by atoms with Gasteiger partial charge in [0.1, 0.15) is 0 Å². The van der Waals surface area contributed by atoms with E-state index in [9.17, 15) is 5.11 Å². The third-order valence-corrected chi connectivity index (χ3v) is 4.50. The van der Waals surface area contributed by atoms with Crippen molar-refractivity contribution in [3.63, 3.8) is 0 Å². The molecule has 4 heteroatoms. The van der Waals surface area contributed by atoms with Crippen LogP contribution in [0.4, 0.5) is 0 Å². The van der Waals surface area contributed by atoms with Gasteiger partial charge in [0.15, 0.2) is 0 Å². The second-order valence-corrected chi connectivity index (χ2v) is 6.19. The normalized spacial score (nSPS) is 29.1. The summed E-state index contributed by atoms with van der Waals surface area (Å²) >= 11 is 0. The van der Waals surface area contributed by atoms with Gasteiger partial charge in [-0.1, -0.05) is 6.92 Å². The maximum absolute atomic E-state index is 10.5. The summed E-state index contributed by atoms with van der Waals surface area (Å²) in [6.45, 7) is 8.06. The summed E-state index contributed by atoms with van der Waals surface area (Å²) in [6.07, 6.45) is 6.53. The third-order valence-electron chi connectivity index (χ3n) is 4.50. The lowest BCUT2D eigenvalue weighted by molar-refractivity contribution is -0.0629. The summed E-state index contributed by atoms with van der Waals surface area (Å²) in [7, 11) is 0.